The molecule has 0 aliphatic carbocycles. The molecule has 92 valence electrons. The van der Waals surface area contributed by atoms with E-state index in [-0.39, 0.29) is 5.91 Å². The van der Waals surface area contributed by atoms with E-state index in [1.54, 1.807) is 25.1 Å². The monoisotopic (exact) mass is 255 g/mol. The van der Waals surface area contributed by atoms with Crippen molar-refractivity contribution in [3.05, 3.63) is 29.3 Å². The molecule has 1 aromatic carbocycles. The number of halogens is 1. The highest BCUT2D eigenvalue weighted by Gasteiger charge is 2.11. The number of hydrogen-bond acceptors (Lipinski definition) is 3. The van der Waals surface area contributed by atoms with Crippen molar-refractivity contribution >= 4 is 23.2 Å². The lowest BCUT2D eigenvalue weighted by molar-refractivity contribution is -0.111. The molecule has 17 heavy (non-hydrogen) atoms. The van der Waals surface area contributed by atoms with Gasteiger partial charge in [0.15, 0.2) is 0 Å². The summed E-state index contributed by atoms with van der Waals surface area (Å²) in [5.41, 5.74) is 0.501. The number of carbonyl (C=O) groups excluding carboxylic acids is 1. The van der Waals surface area contributed by atoms with E-state index in [1.807, 2.05) is 0 Å². The first-order valence-corrected chi connectivity index (χ1v) is 5.35. The van der Waals surface area contributed by atoms with Crippen LogP contribution in [-0.4, -0.2) is 20.1 Å². The Morgan fingerprint density at radius 1 is 1.29 bits per heavy atom. The Morgan fingerprint density at radius 2 is 1.94 bits per heavy atom. The molecule has 1 aromatic rings. The summed E-state index contributed by atoms with van der Waals surface area (Å²) in [7, 11) is 3.02. The van der Waals surface area contributed by atoms with E-state index in [1.165, 1.54) is 20.3 Å². The minimum absolute atomic E-state index is 0.243. The molecule has 0 radical (unpaired) electrons. The third-order valence-corrected chi connectivity index (χ3v) is 2.35. The summed E-state index contributed by atoms with van der Waals surface area (Å²) in [4.78, 5) is 11.4. The number of nitrogens with one attached hydrogen (secondary N) is 1. The summed E-state index contributed by atoms with van der Waals surface area (Å²) < 4.78 is 10.2. The van der Waals surface area contributed by atoms with Crippen molar-refractivity contribution in [3.63, 3.8) is 0 Å². The number of benzene rings is 1. The fraction of sp³-hybridized carbons (Fsp3) is 0.250. The van der Waals surface area contributed by atoms with Crippen molar-refractivity contribution in [2.75, 3.05) is 19.5 Å². The SMILES string of the molecule is C/C=C/C(=O)Nc1cc(Cl)c(OC)cc1OC. The fourth-order valence-corrected chi connectivity index (χ4v) is 1.52. The van der Waals surface area contributed by atoms with Crippen LogP contribution in [-0.2, 0) is 4.79 Å². The Labute approximate surface area is 105 Å². The van der Waals surface area contributed by atoms with Gasteiger partial charge in [0.1, 0.15) is 11.5 Å². The Hall–Kier alpha value is -1.68. The molecule has 0 aromatic heterocycles. The van der Waals surface area contributed by atoms with Gasteiger partial charge in [-0.05, 0) is 19.1 Å². The van der Waals surface area contributed by atoms with Gasteiger partial charge in [-0.2, -0.15) is 0 Å². The van der Waals surface area contributed by atoms with E-state index < -0.39 is 0 Å². The molecule has 0 atom stereocenters. The molecule has 1 amide bonds. The maximum atomic E-state index is 11.4. The molecule has 1 N–H and O–H groups in total. The van der Waals surface area contributed by atoms with E-state index in [2.05, 4.69) is 5.32 Å². The van der Waals surface area contributed by atoms with Crippen molar-refractivity contribution in [1.82, 2.24) is 0 Å². The zero-order valence-electron chi connectivity index (χ0n) is 9.91. The summed E-state index contributed by atoms with van der Waals surface area (Å²) >= 11 is 5.97. The van der Waals surface area contributed by atoms with Gasteiger partial charge in [0.2, 0.25) is 5.91 Å². The van der Waals surface area contributed by atoms with Gasteiger partial charge in [-0.15, -0.1) is 0 Å². The lowest BCUT2D eigenvalue weighted by Crippen LogP contribution is -2.09. The molecule has 0 saturated carbocycles. The van der Waals surface area contributed by atoms with Gasteiger partial charge in [-0.3, -0.25) is 4.79 Å². The van der Waals surface area contributed by atoms with E-state index in [0.717, 1.165) is 0 Å². The molecule has 0 aliphatic rings. The fourth-order valence-electron chi connectivity index (χ4n) is 1.28. The number of carbonyl (C=O) groups is 1. The van der Waals surface area contributed by atoms with Crippen molar-refractivity contribution in [2.24, 2.45) is 0 Å². The molecule has 0 heterocycles. The second kappa shape index (κ2) is 6.15. The first-order chi connectivity index (χ1) is 8.12. The highest BCUT2D eigenvalue weighted by molar-refractivity contribution is 6.32. The summed E-state index contributed by atoms with van der Waals surface area (Å²) in [6.07, 6.45) is 3.06. The first-order valence-electron chi connectivity index (χ1n) is 4.97. The summed E-state index contributed by atoms with van der Waals surface area (Å²) in [5, 5.41) is 3.07. The topological polar surface area (TPSA) is 47.6 Å². The van der Waals surface area contributed by atoms with E-state index in [4.69, 9.17) is 21.1 Å². The third kappa shape index (κ3) is 3.39. The minimum Gasteiger partial charge on any atom is -0.495 e. The lowest BCUT2D eigenvalue weighted by atomic mass is 10.2. The van der Waals surface area contributed by atoms with Gasteiger partial charge in [-0.25, -0.2) is 0 Å². The molecule has 0 aliphatic heterocycles. The summed E-state index contributed by atoms with van der Waals surface area (Å²) in [6.45, 7) is 1.76. The Morgan fingerprint density at radius 3 is 2.47 bits per heavy atom. The Kier molecular flexibility index (Phi) is 4.84. The molecule has 0 unspecified atom stereocenters. The molecule has 1 rings (SSSR count). The molecule has 0 saturated heterocycles. The largest absolute Gasteiger partial charge is 0.495 e. The second-order valence-electron chi connectivity index (χ2n) is 3.18. The molecule has 0 fully saturated rings. The van der Waals surface area contributed by atoms with Gasteiger partial charge >= 0.3 is 0 Å². The van der Waals surface area contributed by atoms with Crippen LogP contribution in [0.4, 0.5) is 5.69 Å². The normalized spacial score (nSPS) is 10.4. The van der Waals surface area contributed by atoms with E-state index in [0.29, 0.717) is 22.2 Å². The number of amides is 1. The predicted molar refractivity (Wildman–Crippen MR) is 68.0 cm³/mol. The molecular weight excluding hydrogens is 242 g/mol. The third-order valence-electron chi connectivity index (χ3n) is 2.05. The van der Waals surface area contributed by atoms with Crippen LogP contribution in [0.5, 0.6) is 11.5 Å². The number of allylic oxidation sites excluding steroid dienone is 1. The first kappa shape index (κ1) is 13.4. The average molecular weight is 256 g/mol. The van der Waals surface area contributed by atoms with Gasteiger partial charge < -0.3 is 14.8 Å². The van der Waals surface area contributed by atoms with Crippen molar-refractivity contribution in [3.8, 4) is 11.5 Å². The molecule has 0 bridgehead atoms. The summed E-state index contributed by atoms with van der Waals surface area (Å²) in [5.74, 6) is 0.740. The van der Waals surface area contributed by atoms with Crippen LogP contribution >= 0.6 is 11.6 Å². The number of rotatable bonds is 4. The summed E-state index contributed by atoms with van der Waals surface area (Å²) in [6, 6.07) is 3.20. The Bertz CT molecular complexity index is 444. The van der Waals surface area contributed by atoms with Gasteiger partial charge in [0.25, 0.3) is 0 Å². The van der Waals surface area contributed by atoms with Crippen LogP contribution in [0.1, 0.15) is 6.92 Å². The van der Waals surface area contributed by atoms with Crippen LogP contribution in [0.2, 0.25) is 5.02 Å². The van der Waals surface area contributed by atoms with E-state index in [9.17, 15) is 4.79 Å². The number of ether oxygens (including phenoxy) is 2. The van der Waals surface area contributed by atoms with Crippen LogP contribution in [0, 0.1) is 0 Å². The zero-order valence-corrected chi connectivity index (χ0v) is 10.7. The van der Waals surface area contributed by atoms with Crippen LogP contribution in [0.25, 0.3) is 0 Å². The average Bonchev–Trinajstić information content (AvgIpc) is 2.29. The maximum absolute atomic E-state index is 11.4. The molecule has 5 heteroatoms. The highest BCUT2D eigenvalue weighted by atomic mass is 35.5. The second-order valence-corrected chi connectivity index (χ2v) is 3.58. The van der Waals surface area contributed by atoms with Crippen LogP contribution < -0.4 is 14.8 Å². The molecular formula is C12H14ClNO3. The zero-order chi connectivity index (χ0) is 12.8. The minimum atomic E-state index is -0.243. The number of methoxy groups -OCH3 is 2. The highest BCUT2D eigenvalue weighted by Crippen LogP contribution is 2.35. The van der Waals surface area contributed by atoms with Gasteiger partial charge in [-0.1, -0.05) is 17.7 Å². The standard InChI is InChI=1S/C12H14ClNO3/c1-4-5-12(15)14-9-6-8(13)10(16-2)7-11(9)17-3/h4-7H,1-3H3,(H,14,15)/b5-4+. The van der Waals surface area contributed by atoms with Gasteiger partial charge in [0.05, 0.1) is 24.9 Å². The van der Waals surface area contributed by atoms with E-state index >= 15 is 0 Å². The molecule has 0 spiro atoms. The van der Waals surface area contributed by atoms with Crippen LogP contribution in [0.3, 0.4) is 0 Å². The molecule has 4 nitrogen and oxygen atoms in total. The smallest absolute Gasteiger partial charge is 0.248 e. The van der Waals surface area contributed by atoms with Crippen LogP contribution in [0.15, 0.2) is 24.3 Å². The van der Waals surface area contributed by atoms with Crippen molar-refractivity contribution in [1.29, 1.82) is 0 Å². The lowest BCUT2D eigenvalue weighted by Gasteiger charge is -2.12. The Balaban J connectivity index is 3.06. The number of anilines is 1. The van der Waals surface area contributed by atoms with Gasteiger partial charge in [0, 0.05) is 6.07 Å². The van der Waals surface area contributed by atoms with Crippen molar-refractivity contribution in [2.45, 2.75) is 6.92 Å². The maximum Gasteiger partial charge on any atom is 0.248 e. The quantitative estimate of drug-likeness (QED) is 0.842. The number of hydrogen-bond donors (Lipinski definition) is 1. The van der Waals surface area contributed by atoms with Crippen molar-refractivity contribution < 1.29 is 14.3 Å². The predicted octanol–water partition coefficient (Wildman–Crippen LogP) is 2.87.